The van der Waals surface area contributed by atoms with Crippen molar-refractivity contribution in [3.05, 3.63) is 72.2 Å². The summed E-state index contributed by atoms with van der Waals surface area (Å²) in [5.41, 5.74) is 3.93. The van der Waals surface area contributed by atoms with Crippen molar-refractivity contribution in [1.29, 1.82) is 0 Å². The van der Waals surface area contributed by atoms with Crippen molar-refractivity contribution in [3.63, 3.8) is 0 Å². The van der Waals surface area contributed by atoms with Crippen LogP contribution >= 0.6 is 0 Å². The number of primary sulfonamides is 1. The van der Waals surface area contributed by atoms with Gasteiger partial charge in [-0.1, -0.05) is 35.9 Å². The summed E-state index contributed by atoms with van der Waals surface area (Å²) in [5.74, 6) is -0.881. The van der Waals surface area contributed by atoms with E-state index in [1.54, 1.807) is 12.3 Å². The summed E-state index contributed by atoms with van der Waals surface area (Å²) < 4.78 is 36.9. The first kappa shape index (κ1) is 16.3. The highest BCUT2D eigenvalue weighted by Gasteiger charge is 2.16. The molecule has 122 valence electrons. The van der Waals surface area contributed by atoms with E-state index in [0.29, 0.717) is 16.8 Å². The SMILES string of the molecule is Cc1cccc(-c2ncccc2-c2ccc(S(N)(=O)=O)c(F)c2)c1. The van der Waals surface area contributed by atoms with E-state index in [0.717, 1.165) is 17.2 Å². The fourth-order valence-electron chi connectivity index (χ4n) is 2.56. The summed E-state index contributed by atoms with van der Waals surface area (Å²) in [6.45, 7) is 1.98. The Morgan fingerprint density at radius 3 is 2.46 bits per heavy atom. The van der Waals surface area contributed by atoms with Gasteiger partial charge in [0.05, 0.1) is 5.69 Å². The summed E-state index contributed by atoms with van der Waals surface area (Å²) in [4.78, 5) is 3.88. The Labute approximate surface area is 139 Å². The van der Waals surface area contributed by atoms with Gasteiger partial charge in [0.2, 0.25) is 10.0 Å². The maximum absolute atomic E-state index is 14.2. The Hall–Kier alpha value is -2.57. The molecule has 0 fully saturated rings. The lowest BCUT2D eigenvalue weighted by atomic mass is 9.98. The van der Waals surface area contributed by atoms with Gasteiger partial charge in [0, 0.05) is 17.3 Å². The fraction of sp³-hybridized carbons (Fsp3) is 0.0556. The van der Waals surface area contributed by atoms with E-state index in [2.05, 4.69) is 4.98 Å². The number of nitrogens with two attached hydrogens (primary N) is 1. The number of benzene rings is 2. The van der Waals surface area contributed by atoms with Crippen molar-refractivity contribution in [2.75, 3.05) is 0 Å². The van der Waals surface area contributed by atoms with Crippen molar-refractivity contribution in [2.24, 2.45) is 5.14 Å². The lowest BCUT2D eigenvalue weighted by Crippen LogP contribution is -2.13. The van der Waals surface area contributed by atoms with E-state index in [1.807, 2.05) is 37.3 Å². The van der Waals surface area contributed by atoms with Gasteiger partial charge in [0.1, 0.15) is 10.7 Å². The minimum Gasteiger partial charge on any atom is -0.256 e. The first-order chi connectivity index (χ1) is 11.4. The van der Waals surface area contributed by atoms with E-state index >= 15 is 0 Å². The number of aromatic nitrogens is 1. The quantitative estimate of drug-likeness (QED) is 0.791. The molecular formula is C18H15FN2O2S. The standard InChI is InChI=1S/C18H15FN2O2S/c1-12-4-2-5-14(10-12)18-15(6-3-9-21-18)13-7-8-17(16(19)11-13)24(20,22)23/h2-11H,1H3,(H2,20,22,23). The zero-order valence-corrected chi connectivity index (χ0v) is 13.7. The minimum atomic E-state index is -4.09. The Bertz CT molecular complexity index is 1020. The third-order valence-corrected chi connectivity index (χ3v) is 4.59. The van der Waals surface area contributed by atoms with E-state index in [4.69, 9.17) is 5.14 Å². The number of pyridine rings is 1. The van der Waals surface area contributed by atoms with E-state index in [1.165, 1.54) is 12.1 Å². The van der Waals surface area contributed by atoms with Gasteiger partial charge >= 0.3 is 0 Å². The van der Waals surface area contributed by atoms with Crippen LogP contribution in [0.5, 0.6) is 0 Å². The molecule has 0 amide bonds. The average molecular weight is 342 g/mol. The first-order valence-electron chi connectivity index (χ1n) is 7.21. The number of hydrogen-bond acceptors (Lipinski definition) is 3. The maximum Gasteiger partial charge on any atom is 0.240 e. The molecule has 4 nitrogen and oxygen atoms in total. The smallest absolute Gasteiger partial charge is 0.240 e. The van der Waals surface area contributed by atoms with Crippen LogP contribution in [-0.4, -0.2) is 13.4 Å². The Kier molecular flexibility index (Phi) is 4.17. The van der Waals surface area contributed by atoms with Gasteiger partial charge < -0.3 is 0 Å². The Morgan fingerprint density at radius 1 is 1.00 bits per heavy atom. The van der Waals surface area contributed by atoms with Gasteiger partial charge in [-0.05, 0) is 36.8 Å². The van der Waals surface area contributed by atoms with E-state index in [9.17, 15) is 12.8 Å². The molecule has 0 bridgehead atoms. The van der Waals surface area contributed by atoms with E-state index < -0.39 is 20.7 Å². The summed E-state index contributed by atoms with van der Waals surface area (Å²) >= 11 is 0. The van der Waals surface area contributed by atoms with Crippen LogP contribution in [0.3, 0.4) is 0 Å². The number of halogens is 1. The molecule has 0 unspecified atom stereocenters. The monoisotopic (exact) mass is 342 g/mol. The van der Waals surface area contributed by atoms with Gasteiger partial charge in [-0.2, -0.15) is 0 Å². The minimum absolute atomic E-state index is 0.521. The number of nitrogens with zero attached hydrogens (tertiary/aromatic N) is 1. The fourth-order valence-corrected chi connectivity index (χ4v) is 3.15. The second-order valence-electron chi connectivity index (χ2n) is 5.46. The molecule has 0 saturated carbocycles. The average Bonchev–Trinajstić information content (AvgIpc) is 2.53. The molecule has 0 aliphatic heterocycles. The van der Waals surface area contributed by atoms with Crippen LogP contribution in [0.15, 0.2) is 65.7 Å². The van der Waals surface area contributed by atoms with Crippen LogP contribution in [0.1, 0.15) is 5.56 Å². The molecular weight excluding hydrogens is 327 g/mol. The van der Waals surface area contributed by atoms with Crippen LogP contribution in [-0.2, 0) is 10.0 Å². The number of aryl methyl sites for hydroxylation is 1. The van der Waals surface area contributed by atoms with Gasteiger partial charge in [0.25, 0.3) is 0 Å². The lowest BCUT2D eigenvalue weighted by molar-refractivity contribution is 0.568. The highest BCUT2D eigenvalue weighted by molar-refractivity contribution is 7.89. The van der Waals surface area contributed by atoms with Gasteiger partial charge in [-0.25, -0.2) is 17.9 Å². The van der Waals surface area contributed by atoms with Gasteiger partial charge in [0.15, 0.2) is 0 Å². The summed E-state index contributed by atoms with van der Waals surface area (Å²) in [5, 5.41) is 5.00. The molecule has 0 atom stereocenters. The molecule has 1 heterocycles. The van der Waals surface area contributed by atoms with E-state index in [-0.39, 0.29) is 0 Å². The predicted octanol–water partition coefficient (Wildman–Crippen LogP) is 3.51. The Balaban J connectivity index is 2.16. The second-order valence-corrected chi connectivity index (χ2v) is 6.99. The molecule has 0 aliphatic rings. The van der Waals surface area contributed by atoms with Crippen LogP contribution in [0.2, 0.25) is 0 Å². The molecule has 3 rings (SSSR count). The number of hydrogen-bond donors (Lipinski definition) is 1. The zero-order chi connectivity index (χ0) is 17.3. The molecule has 0 saturated heterocycles. The van der Waals surface area contributed by atoms with Crippen LogP contribution in [0.4, 0.5) is 4.39 Å². The maximum atomic E-state index is 14.2. The van der Waals surface area contributed by atoms with Crippen molar-refractivity contribution >= 4 is 10.0 Å². The summed E-state index contributed by atoms with van der Waals surface area (Å²) in [6, 6.07) is 15.2. The largest absolute Gasteiger partial charge is 0.256 e. The highest BCUT2D eigenvalue weighted by Crippen LogP contribution is 2.31. The third-order valence-electron chi connectivity index (χ3n) is 3.65. The van der Waals surface area contributed by atoms with Crippen LogP contribution in [0, 0.1) is 12.7 Å². The number of rotatable bonds is 3. The summed E-state index contributed by atoms with van der Waals surface area (Å²) in [7, 11) is -4.09. The Morgan fingerprint density at radius 2 is 1.79 bits per heavy atom. The highest BCUT2D eigenvalue weighted by atomic mass is 32.2. The molecule has 2 aromatic carbocycles. The lowest BCUT2D eigenvalue weighted by Gasteiger charge is -2.10. The number of sulfonamides is 1. The third kappa shape index (κ3) is 3.20. The summed E-state index contributed by atoms with van der Waals surface area (Å²) in [6.07, 6.45) is 1.66. The van der Waals surface area contributed by atoms with Crippen molar-refractivity contribution in [3.8, 4) is 22.4 Å². The molecule has 0 aliphatic carbocycles. The molecule has 0 radical (unpaired) electrons. The topological polar surface area (TPSA) is 73.0 Å². The molecule has 3 aromatic rings. The normalized spacial score (nSPS) is 11.5. The van der Waals surface area contributed by atoms with Crippen molar-refractivity contribution < 1.29 is 12.8 Å². The first-order valence-corrected chi connectivity index (χ1v) is 8.76. The molecule has 6 heteroatoms. The van der Waals surface area contributed by atoms with Gasteiger partial charge in [-0.3, -0.25) is 4.98 Å². The van der Waals surface area contributed by atoms with Crippen molar-refractivity contribution in [1.82, 2.24) is 4.98 Å². The van der Waals surface area contributed by atoms with Crippen LogP contribution < -0.4 is 5.14 Å². The van der Waals surface area contributed by atoms with Crippen LogP contribution in [0.25, 0.3) is 22.4 Å². The van der Waals surface area contributed by atoms with Crippen molar-refractivity contribution in [2.45, 2.75) is 11.8 Å². The molecule has 2 N–H and O–H groups in total. The zero-order valence-electron chi connectivity index (χ0n) is 12.9. The predicted molar refractivity (Wildman–Crippen MR) is 91.2 cm³/mol. The molecule has 0 spiro atoms. The van der Waals surface area contributed by atoms with Gasteiger partial charge in [-0.15, -0.1) is 0 Å². The molecule has 1 aromatic heterocycles. The molecule has 24 heavy (non-hydrogen) atoms. The second kappa shape index (κ2) is 6.14.